The standard InChI is InChI=1S/C16H13Cl3F3N3O2S/c17-11-7-12(18)15(13(19)8-11)28(26,27)25-5-3-24(4-6-25)14-2-1-10(9-23-14)16(20,21)22/h1-2,7-9H,3-6H2. The van der Waals surface area contributed by atoms with E-state index in [2.05, 4.69) is 4.98 Å². The van der Waals surface area contributed by atoms with Crippen LogP contribution in [0.25, 0.3) is 0 Å². The highest BCUT2D eigenvalue weighted by atomic mass is 35.5. The van der Waals surface area contributed by atoms with Gasteiger partial charge < -0.3 is 4.90 Å². The Kier molecular flexibility index (Phi) is 6.03. The van der Waals surface area contributed by atoms with Crippen LogP contribution in [0, 0.1) is 0 Å². The molecule has 1 aliphatic heterocycles. The van der Waals surface area contributed by atoms with Crippen LogP contribution in [0.5, 0.6) is 0 Å². The van der Waals surface area contributed by atoms with Gasteiger partial charge in [-0.05, 0) is 24.3 Å². The second kappa shape index (κ2) is 7.87. The summed E-state index contributed by atoms with van der Waals surface area (Å²) in [6.07, 6.45) is -3.71. The van der Waals surface area contributed by atoms with Crippen molar-refractivity contribution in [3.8, 4) is 0 Å². The van der Waals surface area contributed by atoms with Crippen molar-refractivity contribution >= 4 is 50.6 Å². The Bertz CT molecular complexity index is 954. The zero-order valence-electron chi connectivity index (χ0n) is 14.0. The number of hydrogen-bond acceptors (Lipinski definition) is 4. The topological polar surface area (TPSA) is 53.5 Å². The van der Waals surface area contributed by atoms with Crippen LogP contribution < -0.4 is 4.90 Å². The summed E-state index contributed by atoms with van der Waals surface area (Å²) in [6, 6.07) is 4.80. The second-order valence-electron chi connectivity index (χ2n) is 5.99. The van der Waals surface area contributed by atoms with Gasteiger partial charge in [0.1, 0.15) is 10.7 Å². The van der Waals surface area contributed by atoms with E-state index >= 15 is 0 Å². The Morgan fingerprint density at radius 1 is 0.964 bits per heavy atom. The first-order chi connectivity index (χ1) is 13.0. The summed E-state index contributed by atoms with van der Waals surface area (Å²) in [6.45, 7) is 0.696. The maximum absolute atomic E-state index is 12.9. The molecule has 3 rings (SSSR count). The summed E-state index contributed by atoms with van der Waals surface area (Å²) < 4.78 is 64.9. The van der Waals surface area contributed by atoms with Gasteiger partial charge in [-0.1, -0.05) is 34.8 Å². The smallest absolute Gasteiger partial charge is 0.354 e. The van der Waals surface area contributed by atoms with E-state index in [0.717, 1.165) is 12.3 Å². The number of pyridine rings is 1. The number of piperazine rings is 1. The predicted molar refractivity (Wildman–Crippen MR) is 102 cm³/mol. The summed E-state index contributed by atoms with van der Waals surface area (Å²) in [4.78, 5) is 5.32. The van der Waals surface area contributed by atoms with Crippen LogP contribution >= 0.6 is 34.8 Å². The number of anilines is 1. The molecule has 12 heteroatoms. The van der Waals surface area contributed by atoms with Gasteiger partial charge in [0.2, 0.25) is 10.0 Å². The van der Waals surface area contributed by atoms with Gasteiger partial charge in [-0.2, -0.15) is 17.5 Å². The maximum Gasteiger partial charge on any atom is 0.417 e. The zero-order valence-corrected chi connectivity index (χ0v) is 17.1. The molecule has 1 fully saturated rings. The Morgan fingerprint density at radius 3 is 2.00 bits per heavy atom. The van der Waals surface area contributed by atoms with Crippen molar-refractivity contribution in [1.82, 2.24) is 9.29 Å². The largest absolute Gasteiger partial charge is 0.417 e. The molecule has 0 radical (unpaired) electrons. The molecule has 0 amide bonds. The zero-order chi connectivity index (χ0) is 20.7. The Labute approximate surface area is 174 Å². The first-order valence-corrected chi connectivity index (χ1v) is 10.5. The van der Waals surface area contributed by atoms with Crippen molar-refractivity contribution in [2.24, 2.45) is 0 Å². The first kappa shape index (κ1) is 21.4. The minimum atomic E-state index is -4.46. The van der Waals surface area contributed by atoms with Gasteiger partial charge in [0.15, 0.2) is 0 Å². The highest BCUT2D eigenvalue weighted by Crippen LogP contribution is 2.35. The van der Waals surface area contributed by atoms with Gasteiger partial charge in [0, 0.05) is 37.4 Å². The van der Waals surface area contributed by atoms with Crippen LogP contribution in [0.3, 0.4) is 0 Å². The normalized spacial score (nSPS) is 16.4. The van der Waals surface area contributed by atoms with Crippen LogP contribution in [0.1, 0.15) is 5.56 Å². The highest BCUT2D eigenvalue weighted by molar-refractivity contribution is 7.89. The number of hydrogen-bond donors (Lipinski definition) is 0. The minimum Gasteiger partial charge on any atom is -0.354 e. The van der Waals surface area contributed by atoms with Gasteiger partial charge in [-0.25, -0.2) is 13.4 Å². The number of halogens is 6. The van der Waals surface area contributed by atoms with E-state index in [1.165, 1.54) is 22.5 Å². The molecular weight excluding hydrogens is 462 g/mol. The number of nitrogens with zero attached hydrogens (tertiary/aromatic N) is 3. The molecule has 1 aromatic carbocycles. The lowest BCUT2D eigenvalue weighted by molar-refractivity contribution is -0.137. The molecule has 2 heterocycles. The van der Waals surface area contributed by atoms with Crippen molar-refractivity contribution in [2.75, 3.05) is 31.1 Å². The van der Waals surface area contributed by atoms with E-state index in [0.29, 0.717) is 5.82 Å². The lowest BCUT2D eigenvalue weighted by Gasteiger charge is -2.35. The van der Waals surface area contributed by atoms with E-state index in [9.17, 15) is 21.6 Å². The molecule has 0 atom stereocenters. The SMILES string of the molecule is O=S(=O)(c1c(Cl)cc(Cl)cc1Cl)N1CCN(c2ccc(C(F)(F)F)cn2)CC1. The van der Waals surface area contributed by atoms with E-state index < -0.39 is 21.8 Å². The Morgan fingerprint density at radius 2 is 1.54 bits per heavy atom. The number of aromatic nitrogens is 1. The number of benzene rings is 1. The molecule has 2 aromatic rings. The summed E-state index contributed by atoms with van der Waals surface area (Å²) in [7, 11) is -3.96. The molecule has 0 saturated carbocycles. The van der Waals surface area contributed by atoms with Crippen LogP contribution in [-0.4, -0.2) is 43.9 Å². The fourth-order valence-electron chi connectivity index (χ4n) is 2.80. The monoisotopic (exact) mass is 473 g/mol. The van der Waals surface area contributed by atoms with Gasteiger partial charge in [0.05, 0.1) is 15.6 Å². The second-order valence-corrected chi connectivity index (χ2v) is 9.12. The fraction of sp³-hybridized carbons (Fsp3) is 0.312. The van der Waals surface area contributed by atoms with Crippen molar-refractivity contribution in [3.05, 3.63) is 51.1 Å². The van der Waals surface area contributed by atoms with Crippen molar-refractivity contribution in [2.45, 2.75) is 11.1 Å². The molecule has 0 N–H and O–H groups in total. The van der Waals surface area contributed by atoms with Crippen LogP contribution in [0.2, 0.25) is 15.1 Å². The molecule has 0 unspecified atom stereocenters. The van der Waals surface area contributed by atoms with E-state index in [1.807, 2.05) is 0 Å². The number of sulfonamides is 1. The van der Waals surface area contributed by atoms with Gasteiger partial charge >= 0.3 is 6.18 Å². The molecule has 28 heavy (non-hydrogen) atoms. The van der Waals surface area contributed by atoms with Gasteiger partial charge in [0.25, 0.3) is 0 Å². The summed E-state index contributed by atoms with van der Waals surface area (Å²) in [5.74, 6) is 0.340. The van der Waals surface area contributed by atoms with Gasteiger partial charge in [-0.15, -0.1) is 0 Å². The molecule has 1 aliphatic rings. The van der Waals surface area contributed by atoms with Crippen LogP contribution in [0.15, 0.2) is 35.4 Å². The number of rotatable bonds is 3. The molecule has 152 valence electrons. The minimum absolute atomic E-state index is 0.0793. The van der Waals surface area contributed by atoms with E-state index in [1.54, 1.807) is 4.90 Å². The summed E-state index contributed by atoms with van der Waals surface area (Å²) in [5, 5.41) is 0.0563. The molecule has 0 bridgehead atoms. The molecule has 0 aliphatic carbocycles. The average Bonchev–Trinajstić information content (AvgIpc) is 2.60. The molecular formula is C16H13Cl3F3N3O2S. The quantitative estimate of drug-likeness (QED) is 0.654. The number of alkyl halides is 3. The Balaban J connectivity index is 1.75. The maximum atomic E-state index is 12.9. The third-order valence-electron chi connectivity index (χ3n) is 4.20. The average molecular weight is 475 g/mol. The third-order valence-corrected chi connectivity index (χ3v) is 7.24. The molecule has 5 nitrogen and oxygen atoms in total. The van der Waals surface area contributed by atoms with Crippen LogP contribution in [0.4, 0.5) is 19.0 Å². The molecule has 1 aromatic heterocycles. The van der Waals surface area contributed by atoms with Crippen molar-refractivity contribution in [1.29, 1.82) is 0 Å². The molecule has 1 saturated heterocycles. The first-order valence-electron chi connectivity index (χ1n) is 7.93. The fourth-order valence-corrected chi connectivity index (χ4v) is 5.72. The van der Waals surface area contributed by atoms with Crippen molar-refractivity contribution in [3.63, 3.8) is 0 Å². The van der Waals surface area contributed by atoms with Gasteiger partial charge in [-0.3, -0.25) is 0 Å². The Hall–Kier alpha value is -1.26. The van der Waals surface area contributed by atoms with Crippen LogP contribution in [-0.2, 0) is 16.2 Å². The lowest BCUT2D eigenvalue weighted by Crippen LogP contribution is -2.49. The molecule has 0 spiro atoms. The summed E-state index contributed by atoms with van der Waals surface area (Å²) in [5.41, 5.74) is -0.843. The summed E-state index contributed by atoms with van der Waals surface area (Å²) >= 11 is 17.9. The predicted octanol–water partition coefficient (Wildman–Crippen LogP) is 4.57. The highest BCUT2D eigenvalue weighted by Gasteiger charge is 2.33. The lowest BCUT2D eigenvalue weighted by atomic mass is 10.2. The van der Waals surface area contributed by atoms with E-state index in [-0.39, 0.29) is 46.1 Å². The third kappa shape index (κ3) is 4.33. The van der Waals surface area contributed by atoms with E-state index in [4.69, 9.17) is 34.8 Å². The van der Waals surface area contributed by atoms with Crippen molar-refractivity contribution < 1.29 is 21.6 Å².